The lowest BCUT2D eigenvalue weighted by molar-refractivity contribution is 0.279. The second-order valence-corrected chi connectivity index (χ2v) is 5.47. The molecule has 1 aromatic carbocycles. The van der Waals surface area contributed by atoms with Crippen LogP contribution in [0.5, 0.6) is 5.75 Å². The first kappa shape index (κ1) is 14.4. The fourth-order valence-electron chi connectivity index (χ4n) is 2.10. The lowest BCUT2D eigenvalue weighted by atomic mass is 10.1. The molecular formula is C15H22N4O. The van der Waals surface area contributed by atoms with Crippen LogP contribution in [0.2, 0.25) is 0 Å². The quantitative estimate of drug-likeness (QED) is 0.851. The maximum Gasteiger partial charge on any atom is 0.164 e. The maximum atomic E-state index is 5.92. The molecule has 0 bridgehead atoms. The third kappa shape index (κ3) is 3.10. The van der Waals surface area contributed by atoms with Crippen LogP contribution in [0.1, 0.15) is 30.8 Å². The van der Waals surface area contributed by atoms with Gasteiger partial charge in [-0.2, -0.15) is 5.10 Å². The number of rotatable bonds is 5. The molecule has 0 aliphatic rings. The van der Waals surface area contributed by atoms with Crippen LogP contribution in [-0.4, -0.2) is 14.8 Å². The van der Waals surface area contributed by atoms with Gasteiger partial charge in [0.1, 0.15) is 18.7 Å². The number of benzene rings is 1. The highest BCUT2D eigenvalue weighted by molar-refractivity contribution is 5.56. The summed E-state index contributed by atoms with van der Waals surface area (Å²) in [6, 6.07) is 3.87. The highest BCUT2D eigenvalue weighted by Gasteiger charge is 2.10. The Bertz CT molecular complexity index is 590. The summed E-state index contributed by atoms with van der Waals surface area (Å²) in [7, 11) is 0. The molecule has 0 fully saturated rings. The molecule has 0 saturated carbocycles. The zero-order valence-corrected chi connectivity index (χ0v) is 12.6. The Kier molecular flexibility index (Phi) is 4.27. The highest BCUT2D eigenvalue weighted by Crippen LogP contribution is 2.28. The second-order valence-electron chi connectivity index (χ2n) is 5.47. The van der Waals surface area contributed by atoms with E-state index in [1.165, 1.54) is 0 Å². The van der Waals surface area contributed by atoms with Gasteiger partial charge in [-0.3, -0.25) is 0 Å². The molecule has 20 heavy (non-hydrogen) atoms. The predicted octanol–water partition coefficient (Wildman–Crippen LogP) is 2.71. The Morgan fingerprint density at radius 1 is 1.30 bits per heavy atom. The summed E-state index contributed by atoms with van der Waals surface area (Å²) in [6.45, 7) is 9.53. The van der Waals surface area contributed by atoms with E-state index in [0.29, 0.717) is 12.5 Å². The molecule has 0 unspecified atom stereocenters. The van der Waals surface area contributed by atoms with Crippen LogP contribution in [0.25, 0.3) is 0 Å². The van der Waals surface area contributed by atoms with Gasteiger partial charge >= 0.3 is 0 Å². The van der Waals surface area contributed by atoms with Gasteiger partial charge in [-0.05, 0) is 31.4 Å². The van der Waals surface area contributed by atoms with E-state index in [1.807, 2.05) is 30.7 Å². The molecule has 0 atom stereocenters. The lowest BCUT2D eigenvalue weighted by Gasteiger charge is -2.14. The average molecular weight is 274 g/mol. The summed E-state index contributed by atoms with van der Waals surface area (Å²) in [4.78, 5) is 4.26. The molecule has 2 N–H and O–H groups in total. The van der Waals surface area contributed by atoms with Gasteiger partial charge in [-0.25, -0.2) is 9.67 Å². The number of hydrogen-bond acceptors (Lipinski definition) is 4. The van der Waals surface area contributed by atoms with Gasteiger partial charge in [-0.15, -0.1) is 0 Å². The van der Waals surface area contributed by atoms with E-state index in [9.17, 15) is 0 Å². The van der Waals surface area contributed by atoms with E-state index in [1.54, 1.807) is 6.33 Å². The van der Waals surface area contributed by atoms with Crippen molar-refractivity contribution in [3.8, 4) is 5.75 Å². The van der Waals surface area contributed by atoms with Crippen LogP contribution in [0, 0.1) is 19.8 Å². The summed E-state index contributed by atoms with van der Waals surface area (Å²) < 4.78 is 7.80. The van der Waals surface area contributed by atoms with Crippen LogP contribution in [0.15, 0.2) is 18.5 Å². The Hall–Kier alpha value is -2.04. The highest BCUT2D eigenvalue weighted by atomic mass is 16.5. The number of nitrogens with two attached hydrogens (primary N) is 1. The monoisotopic (exact) mass is 274 g/mol. The minimum atomic E-state index is 0.401. The molecule has 2 aromatic rings. The molecule has 0 amide bonds. The molecule has 0 spiro atoms. The third-order valence-electron chi connectivity index (χ3n) is 3.22. The van der Waals surface area contributed by atoms with Crippen molar-refractivity contribution in [2.75, 3.05) is 5.73 Å². The average Bonchev–Trinajstić information content (AvgIpc) is 2.81. The van der Waals surface area contributed by atoms with E-state index in [0.717, 1.165) is 34.9 Å². The Balaban J connectivity index is 2.14. The van der Waals surface area contributed by atoms with Gasteiger partial charge in [0.05, 0.1) is 0 Å². The molecule has 1 aromatic heterocycles. The van der Waals surface area contributed by atoms with Crippen LogP contribution >= 0.6 is 0 Å². The van der Waals surface area contributed by atoms with Gasteiger partial charge in [0.15, 0.2) is 5.82 Å². The van der Waals surface area contributed by atoms with Crippen molar-refractivity contribution in [1.82, 2.24) is 14.8 Å². The normalized spacial score (nSPS) is 11.1. The fourth-order valence-corrected chi connectivity index (χ4v) is 2.10. The molecule has 0 aliphatic carbocycles. The van der Waals surface area contributed by atoms with Gasteiger partial charge in [0, 0.05) is 17.8 Å². The van der Waals surface area contributed by atoms with Crippen LogP contribution in [0.3, 0.4) is 0 Å². The fraction of sp³-hybridized carbons (Fsp3) is 0.467. The Morgan fingerprint density at radius 3 is 2.75 bits per heavy atom. The largest absolute Gasteiger partial charge is 0.485 e. The summed E-state index contributed by atoms with van der Waals surface area (Å²) in [5.41, 5.74) is 8.71. The number of nitrogen functional groups attached to an aromatic ring is 1. The molecule has 0 aliphatic heterocycles. The summed E-state index contributed by atoms with van der Waals surface area (Å²) in [5.74, 6) is 2.19. The SMILES string of the molecule is Cc1ccc(N)c(C)c1OCc1ncnn1CC(C)C. The van der Waals surface area contributed by atoms with E-state index in [-0.39, 0.29) is 0 Å². The van der Waals surface area contributed by atoms with Crippen molar-refractivity contribution < 1.29 is 4.74 Å². The van der Waals surface area contributed by atoms with E-state index in [2.05, 4.69) is 23.9 Å². The first-order valence-corrected chi connectivity index (χ1v) is 6.84. The molecule has 2 rings (SSSR count). The van der Waals surface area contributed by atoms with Crippen molar-refractivity contribution in [2.45, 2.75) is 40.8 Å². The lowest BCUT2D eigenvalue weighted by Crippen LogP contribution is -2.13. The minimum Gasteiger partial charge on any atom is -0.485 e. The molecule has 5 nitrogen and oxygen atoms in total. The summed E-state index contributed by atoms with van der Waals surface area (Å²) in [5, 5.41) is 4.23. The van der Waals surface area contributed by atoms with Crippen molar-refractivity contribution in [3.05, 3.63) is 35.4 Å². The zero-order chi connectivity index (χ0) is 14.7. The zero-order valence-electron chi connectivity index (χ0n) is 12.6. The van der Waals surface area contributed by atoms with Crippen LogP contribution < -0.4 is 10.5 Å². The topological polar surface area (TPSA) is 66.0 Å². The van der Waals surface area contributed by atoms with Gasteiger partial charge in [0.25, 0.3) is 0 Å². The molecule has 1 heterocycles. The maximum absolute atomic E-state index is 5.92. The number of ether oxygens (including phenoxy) is 1. The van der Waals surface area contributed by atoms with Gasteiger partial charge in [-0.1, -0.05) is 19.9 Å². The van der Waals surface area contributed by atoms with E-state index in [4.69, 9.17) is 10.5 Å². The van der Waals surface area contributed by atoms with Crippen molar-refractivity contribution in [3.63, 3.8) is 0 Å². The van der Waals surface area contributed by atoms with E-state index >= 15 is 0 Å². The van der Waals surface area contributed by atoms with Crippen molar-refractivity contribution in [2.24, 2.45) is 5.92 Å². The van der Waals surface area contributed by atoms with Crippen molar-refractivity contribution >= 4 is 5.69 Å². The second kappa shape index (κ2) is 5.94. The Morgan fingerprint density at radius 2 is 2.05 bits per heavy atom. The van der Waals surface area contributed by atoms with Crippen molar-refractivity contribution in [1.29, 1.82) is 0 Å². The number of hydrogen-bond donors (Lipinski definition) is 1. The molecule has 0 saturated heterocycles. The molecule has 0 radical (unpaired) electrons. The molecule has 108 valence electrons. The van der Waals surface area contributed by atoms with E-state index < -0.39 is 0 Å². The summed E-state index contributed by atoms with van der Waals surface area (Å²) >= 11 is 0. The Labute approximate surface area is 119 Å². The molecule has 5 heteroatoms. The number of nitrogens with zero attached hydrogens (tertiary/aromatic N) is 3. The standard InChI is InChI=1S/C15H22N4O/c1-10(2)7-19-14(17-9-18-19)8-20-15-11(3)5-6-13(16)12(15)4/h5-6,9-10H,7-8,16H2,1-4H3. The van der Waals surface area contributed by atoms with Gasteiger partial charge in [0.2, 0.25) is 0 Å². The summed E-state index contributed by atoms with van der Waals surface area (Å²) in [6.07, 6.45) is 1.57. The molecular weight excluding hydrogens is 252 g/mol. The van der Waals surface area contributed by atoms with Crippen LogP contribution in [0.4, 0.5) is 5.69 Å². The number of aryl methyl sites for hydroxylation is 1. The smallest absolute Gasteiger partial charge is 0.164 e. The third-order valence-corrected chi connectivity index (χ3v) is 3.22. The number of aromatic nitrogens is 3. The van der Waals surface area contributed by atoms with Crippen LogP contribution in [-0.2, 0) is 13.2 Å². The minimum absolute atomic E-state index is 0.401. The number of anilines is 1. The predicted molar refractivity (Wildman–Crippen MR) is 79.5 cm³/mol. The first-order valence-electron chi connectivity index (χ1n) is 6.84. The van der Waals surface area contributed by atoms with Gasteiger partial charge < -0.3 is 10.5 Å². The first-order chi connectivity index (χ1) is 9.49.